The van der Waals surface area contributed by atoms with E-state index >= 15 is 0 Å². The summed E-state index contributed by atoms with van der Waals surface area (Å²) in [5.41, 5.74) is 0.820. The molecule has 0 unspecified atom stereocenters. The minimum atomic E-state index is -3.16. The fourth-order valence-corrected chi connectivity index (χ4v) is 4.36. The molecule has 0 atom stereocenters. The first-order valence-electron chi connectivity index (χ1n) is 8.18. The molecule has 2 rings (SSSR count). The average Bonchev–Trinajstić information content (AvgIpc) is 2.59. The van der Waals surface area contributed by atoms with Crippen molar-refractivity contribution in [3.8, 4) is 0 Å². The molecule has 23 heavy (non-hydrogen) atoms. The molecular weight excluding hydrogens is 314 g/mol. The summed E-state index contributed by atoms with van der Waals surface area (Å²) < 4.78 is 25.8. The first kappa shape index (κ1) is 17.9. The van der Waals surface area contributed by atoms with Gasteiger partial charge in [0.05, 0.1) is 18.0 Å². The Morgan fingerprint density at radius 1 is 1.35 bits per heavy atom. The standard InChI is InChI=1S/C16H25N3O3S/c1-2-3-12-23(21,22)19-10-7-14(8-11-19)16(20)18-13-15-6-4-5-9-17-15/h4-6,9,14H,2-3,7-8,10-13H2,1H3,(H,18,20). The molecule has 1 aliphatic rings. The predicted octanol–water partition coefficient (Wildman–Crippen LogP) is 1.54. The molecule has 1 aromatic heterocycles. The van der Waals surface area contributed by atoms with Crippen LogP contribution in [0, 0.1) is 5.92 Å². The summed E-state index contributed by atoms with van der Waals surface area (Å²) in [5, 5.41) is 2.89. The number of sulfonamides is 1. The van der Waals surface area contributed by atoms with E-state index in [2.05, 4.69) is 10.3 Å². The van der Waals surface area contributed by atoms with Gasteiger partial charge in [-0.3, -0.25) is 9.78 Å². The number of carbonyl (C=O) groups is 1. The summed E-state index contributed by atoms with van der Waals surface area (Å²) >= 11 is 0. The Morgan fingerprint density at radius 3 is 2.70 bits per heavy atom. The molecule has 1 fully saturated rings. The average molecular weight is 339 g/mol. The van der Waals surface area contributed by atoms with Crippen LogP contribution in [0.1, 0.15) is 38.3 Å². The Hall–Kier alpha value is -1.47. The van der Waals surface area contributed by atoms with Crippen LogP contribution in [-0.4, -0.2) is 42.5 Å². The van der Waals surface area contributed by atoms with E-state index in [1.165, 1.54) is 4.31 Å². The van der Waals surface area contributed by atoms with Crippen molar-refractivity contribution in [1.29, 1.82) is 0 Å². The van der Waals surface area contributed by atoms with E-state index in [0.29, 0.717) is 38.9 Å². The van der Waals surface area contributed by atoms with E-state index < -0.39 is 10.0 Å². The van der Waals surface area contributed by atoms with Gasteiger partial charge in [-0.05, 0) is 31.4 Å². The molecule has 0 bridgehead atoms. The third-order valence-electron chi connectivity index (χ3n) is 4.14. The second-order valence-electron chi connectivity index (χ2n) is 5.88. The van der Waals surface area contributed by atoms with Crippen molar-refractivity contribution in [2.45, 2.75) is 39.2 Å². The number of amides is 1. The number of hydrogen-bond acceptors (Lipinski definition) is 4. The van der Waals surface area contributed by atoms with E-state index in [4.69, 9.17) is 0 Å². The van der Waals surface area contributed by atoms with E-state index in [-0.39, 0.29) is 17.6 Å². The third kappa shape index (κ3) is 5.28. The molecule has 0 spiro atoms. The zero-order chi connectivity index (χ0) is 16.7. The molecule has 0 aliphatic carbocycles. The maximum Gasteiger partial charge on any atom is 0.223 e. The first-order chi connectivity index (χ1) is 11.0. The molecule has 7 heteroatoms. The van der Waals surface area contributed by atoms with E-state index in [0.717, 1.165) is 12.1 Å². The van der Waals surface area contributed by atoms with Gasteiger partial charge in [-0.15, -0.1) is 0 Å². The van der Waals surface area contributed by atoms with Crippen molar-refractivity contribution >= 4 is 15.9 Å². The maximum absolute atomic E-state index is 12.2. The summed E-state index contributed by atoms with van der Waals surface area (Å²) in [6.07, 6.45) is 4.42. The SMILES string of the molecule is CCCCS(=O)(=O)N1CCC(C(=O)NCc2ccccn2)CC1. The molecule has 128 valence electrons. The third-order valence-corrected chi connectivity index (χ3v) is 6.10. The maximum atomic E-state index is 12.2. The minimum Gasteiger partial charge on any atom is -0.350 e. The number of nitrogens with zero attached hydrogens (tertiary/aromatic N) is 2. The van der Waals surface area contributed by atoms with Crippen LogP contribution >= 0.6 is 0 Å². The second kappa shape index (κ2) is 8.40. The largest absolute Gasteiger partial charge is 0.350 e. The molecule has 0 aromatic carbocycles. The molecule has 1 N–H and O–H groups in total. The van der Waals surface area contributed by atoms with Crippen LogP contribution in [0.4, 0.5) is 0 Å². The van der Waals surface area contributed by atoms with Gasteiger partial charge >= 0.3 is 0 Å². The van der Waals surface area contributed by atoms with Crippen molar-refractivity contribution in [3.05, 3.63) is 30.1 Å². The van der Waals surface area contributed by atoms with Crippen molar-refractivity contribution < 1.29 is 13.2 Å². The lowest BCUT2D eigenvalue weighted by Crippen LogP contribution is -2.43. The highest BCUT2D eigenvalue weighted by Gasteiger charge is 2.30. The number of hydrogen-bond donors (Lipinski definition) is 1. The van der Waals surface area contributed by atoms with Gasteiger partial charge in [0.25, 0.3) is 0 Å². The monoisotopic (exact) mass is 339 g/mol. The Kier molecular flexibility index (Phi) is 6.53. The fourth-order valence-electron chi connectivity index (χ4n) is 2.68. The summed E-state index contributed by atoms with van der Waals surface area (Å²) in [7, 11) is -3.16. The number of carbonyl (C=O) groups excluding carboxylic acids is 1. The second-order valence-corrected chi connectivity index (χ2v) is 7.97. The Labute approximate surface area is 138 Å². The van der Waals surface area contributed by atoms with Gasteiger partial charge in [-0.2, -0.15) is 0 Å². The zero-order valence-electron chi connectivity index (χ0n) is 13.6. The summed E-state index contributed by atoms with van der Waals surface area (Å²) in [6.45, 7) is 3.27. The van der Waals surface area contributed by atoms with Crippen LogP contribution in [0.15, 0.2) is 24.4 Å². The molecule has 6 nitrogen and oxygen atoms in total. The summed E-state index contributed by atoms with van der Waals surface area (Å²) in [5.74, 6) is 0.0811. The predicted molar refractivity (Wildman–Crippen MR) is 89.1 cm³/mol. The molecular formula is C16H25N3O3S. The molecule has 1 saturated heterocycles. The minimum absolute atomic E-state index is 0.0127. The number of nitrogens with one attached hydrogen (secondary N) is 1. The van der Waals surface area contributed by atoms with E-state index in [9.17, 15) is 13.2 Å². The van der Waals surface area contributed by atoms with Crippen LogP contribution in [0.5, 0.6) is 0 Å². The topological polar surface area (TPSA) is 79.4 Å². The first-order valence-corrected chi connectivity index (χ1v) is 9.79. The molecule has 0 saturated carbocycles. The van der Waals surface area contributed by atoms with Crippen LogP contribution in [0.25, 0.3) is 0 Å². The number of rotatable bonds is 7. The van der Waals surface area contributed by atoms with Crippen molar-refractivity contribution in [3.63, 3.8) is 0 Å². The quantitative estimate of drug-likeness (QED) is 0.817. The van der Waals surface area contributed by atoms with Gasteiger partial charge in [0.15, 0.2) is 0 Å². The lowest BCUT2D eigenvalue weighted by atomic mass is 9.97. The van der Waals surface area contributed by atoms with Crippen molar-refractivity contribution in [2.75, 3.05) is 18.8 Å². The van der Waals surface area contributed by atoms with Crippen LogP contribution < -0.4 is 5.32 Å². The Morgan fingerprint density at radius 2 is 2.09 bits per heavy atom. The van der Waals surface area contributed by atoms with Crippen LogP contribution in [0.3, 0.4) is 0 Å². The number of unbranched alkanes of at least 4 members (excludes halogenated alkanes) is 1. The normalized spacial score (nSPS) is 17.1. The summed E-state index contributed by atoms with van der Waals surface area (Å²) in [4.78, 5) is 16.4. The van der Waals surface area contributed by atoms with E-state index in [1.54, 1.807) is 6.20 Å². The van der Waals surface area contributed by atoms with Gasteiger partial charge in [0, 0.05) is 25.2 Å². The van der Waals surface area contributed by atoms with Gasteiger partial charge in [-0.25, -0.2) is 12.7 Å². The molecule has 2 heterocycles. The Balaban J connectivity index is 1.78. The lowest BCUT2D eigenvalue weighted by Gasteiger charge is -2.30. The molecule has 1 aliphatic heterocycles. The van der Waals surface area contributed by atoms with Gasteiger partial charge in [-0.1, -0.05) is 19.4 Å². The highest BCUT2D eigenvalue weighted by Crippen LogP contribution is 2.20. The Bertz CT molecular complexity index is 596. The van der Waals surface area contributed by atoms with Crippen molar-refractivity contribution in [1.82, 2.24) is 14.6 Å². The number of pyridine rings is 1. The van der Waals surface area contributed by atoms with E-state index in [1.807, 2.05) is 25.1 Å². The van der Waals surface area contributed by atoms with Gasteiger partial charge < -0.3 is 5.32 Å². The highest BCUT2D eigenvalue weighted by atomic mass is 32.2. The van der Waals surface area contributed by atoms with Crippen LogP contribution in [-0.2, 0) is 21.4 Å². The van der Waals surface area contributed by atoms with Gasteiger partial charge in [0.1, 0.15) is 0 Å². The number of aromatic nitrogens is 1. The number of piperidine rings is 1. The molecule has 1 aromatic rings. The molecule has 1 amide bonds. The molecule has 0 radical (unpaired) electrons. The highest BCUT2D eigenvalue weighted by molar-refractivity contribution is 7.89. The summed E-state index contributed by atoms with van der Waals surface area (Å²) in [6, 6.07) is 5.58. The lowest BCUT2D eigenvalue weighted by molar-refractivity contribution is -0.126. The smallest absolute Gasteiger partial charge is 0.223 e. The van der Waals surface area contributed by atoms with Crippen molar-refractivity contribution in [2.24, 2.45) is 5.92 Å². The zero-order valence-corrected chi connectivity index (χ0v) is 14.4. The fraction of sp³-hybridized carbons (Fsp3) is 0.625. The van der Waals surface area contributed by atoms with Gasteiger partial charge in [0.2, 0.25) is 15.9 Å². The van der Waals surface area contributed by atoms with Crippen LogP contribution in [0.2, 0.25) is 0 Å².